The standard InChI is InChI=1S/C20H21Cl2NO3/c1-26-19-15(14-5-6-17(21)18(22)11-14)3-2-4-16(19)20(25)23-9-7-13(12-23)8-10-24/h2-6,11,13,24H,7-10,12H2,1H3. The van der Waals surface area contributed by atoms with E-state index >= 15 is 0 Å². The smallest absolute Gasteiger partial charge is 0.257 e. The molecule has 1 aliphatic heterocycles. The van der Waals surface area contributed by atoms with Crippen LogP contribution in [0.4, 0.5) is 0 Å². The molecule has 138 valence electrons. The Morgan fingerprint density at radius 3 is 2.77 bits per heavy atom. The lowest BCUT2D eigenvalue weighted by atomic mass is 10.0. The number of para-hydroxylation sites is 1. The van der Waals surface area contributed by atoms with Crippen LogP contribution in [0.1, 0.15) is 23.2 Å². The number of ether oxygens (including phenoxy) is 1. The van der Waals surface area contributed by atoms with Crippen LogP contribution in [0, 0.1) is 5.92 Å². The SMILES string of the molecule is COc1c(C(=O)N2CCC(CCO)C2)cccc1-c1ccc(Cl)c(Cl)c1. The molecule has 2 aromatic rings. The molecule has 26 heavy (non-hydrogen) atoms. The van der Waals surface area contributed by atoms with E-state index in [1.54, 1.807) is 25.3 Å². The lowest BCUT2D eigenvalue weighted by molar-refractivity contribution is 0.0781. The molecule has 0 bridgehead atoms. The Kier molecular flexibility index (Phi) is 6.07. The van der Waals surface area contributed by atoms with Gasteiger partial charge in [0.25, 0.3) is 5.91 Å². The first kappa shape index (κ1) is 19.0. The molecule has 6 heteroatoms. The van der Waals surface area contributed by atoms with Crippen molar-refractivity contribution in [2.24, 2.45) is 5.92 Å². The highest BCUT2D eigenvalue weighted by Crippen LogP contribution is 2.37. The predicted molar refractivity (Wildman–Crippen MR) is 104 cm³/mol. The molecule has 1 N–H and O–H groups in total. The summed E-state index contributed by atoms with van der Waals surface area (Å²) < 4.78 is 5.59. The van der Waals surface area contributed by atoms with Gasteiger partial charge in [-0.2, -0.15) is 0 Å². The Balaban J connectivity index is 1.93. The Morgan fingerprint density at radius 2 is 2.08 bits per heavy atom. The number of halogens is 2. The number of carbonyl (C=O) groups excluding carboxylic acids is 1. The van der Waals surface area contributed by atoms with Crippen molar-refractivity contribution in [3.8, 4) is 16.9 Å². The van der Waals surface area contributed by atoms with E-state index < -0.39 is 0 Å². The van der Waals surface area contributed by atoms with Crippen molar-refractivity contribution in [3.63, 3.8) is 0 Å². The molecule has 1 aliphatic rings. The maximum atomic E-state index is 13.0. The zero-order chi connectivity index (χ0) is 18.7. The van der Waals surface area contributed by atoms with Gasteiger partial charge in [-0.3, -0.25) is 4.79 Å². The number of carbonyl (C=O) groups is 1. The van der Waals surface area contributed by atoms with Crippen molar-refractivity contribution in [1.29, 1.82) is 0 Å². The summed E-state index contributed by atoms with van der Waals surface area (Å²) in [6.45, 7) is 1.52. The van der Waals surface area contributed by atoms with Crippen molar-refractivity contribution >= 4 is 29.1 Å². The van der Waals surface area contributed by atoms with E-state index in [0.717, 1.165) is 24.0 Å². The Hall–Kier alpha value is -1.75. The van der Waals surface area contributed by atoms with Gasteiger partial charge >= 0.3 is 0 Å². The van der Waals surface area contributed by atoms with E-state index in [4.69, 9.17) is 33.0 Å². The maximum absolute atomic E-state index is 13.0. The number of methoxy groups -OCH3 is 1. The third-order valence-electron chi connectivity index (χ3n) is 4.79. The van der Waals surface area contributed by atoms with Crippen LogP contribution in [0.25, 0.3) is 11.1 Å². The Labute approximate surface area is 163 Å². The first-order valence-corrected chi connectivity index (χ1v) is 9.33. The van der Waals surface area contributed by atoms with Gasteiger partial charge in [0.1, 0.15) is 5.75 Å². The van der Waals surface area contributed by atoms with E-state index in [-0.39, 0.29) is 12.5 Å². The molecule has 1 amide bonds. The third kappa shape index (κ3) is 3.83. The number of benzene rings is 2. The van der Waals surface area contributed by atoms with E-state index in [0.29, 0.717) is 40.4 Å². The van der Waals surface area contributed by atoms with Crippen LogP contribution in [0.15, 0.2) is 36.4 Å². The molecule has 3 rings (SSSR count). The molecular formula is C20H21Cl2NO3. The highest BCUT2D eigenvalue weighted by atomic mass is 35.5. The molecule has 1 atom stereocenters. The summed E-state index contributed by atoms with van der Waals surface area (Å²) >= 11 is 12.1. The average Bonchev–Trinajstić information content (AvgIpc) is 3.11. The number of aliphatic hydroxyl groups excluding tert-OH is 1. The van der Waals surface area contributed by atoms with Gasteiger partial charge < -0.3 is 14.7 Å². The van der Waals surface area contributed by atoms with Gasteiger partial charge in [0.2, 0.25) is 0 Å². The Bertz CT molecular complexity index is 810. The van der Waals surface area contributed by atoms with Crippen molar-refractivity contribution in [1.82, 2.24) is 4.90 Å². The van der Waals surface area contributed by atoms with Gasteiger partial charge in [-0.15, -0.1) is 0 Å². The molecule has 0 spiro atoms. The minimum atomic E-state index is -0.0517. The maximum Gasteiger partial charge on any atom is 0.257 e. The quantitative estimate of drug-likeness (QED) is 0.812. The van der Waals surface area contributed by atoms with Crippen LogP contribution in [0.5, 0.6) is 5.75 Å². The zero-order valence-electron chi connectivity index (χ0n) is 14.5. The predicted octanol–water partition coefficient (Wildman–Crippen LogP) is 4.51. The van der Waals surface area contributed by atoms with Gasteiger partial charge in [-0.1, -0.05) is 41.4 Å². The van der Waals surface area contributed by atoms with Gasteiger partial charge in [-0.05, 0) is 42.5 Å². The molecule has 0 saturated carbocycles. The summed E-state index contributed by atoms with van der Waals surface area (Å²) in [5.41, 5.74) is 2.16. The molecule has 1 unspecified atom stereocenters. The number of nitrogens with zero attached hydrogens (tertiary/aromatic N) is 1. The molecule has 0 radical (unpaired) electrons. The highest BCUT2D eigenvalue weighted by molar-refractivity contribution is 6.42. The second-order valence-electron chi connectivity index (χ2n) is 6.43. The molecule has 0 aromatic heterocycles. The summed E-state index contributed by atoms with van der Waals surface area (Å²) in [6, 6.07) is 10.9. The highest BCUT2D eigenvalue weighted by Gasteiger charge is 2.29. The fraction of sp³-hybridized carbons (Fsp3) is 0.350. The number of hydrogen-bond acceptors (Lipinski definition) is 3. The number of aliphatic hydroxyl groups is 1. The van der Waals surface area contributed by atoms with Gasteiger partial charge in [0.15, 0.2) is 0 Å². The van der Waals surface area contributed by atoms with Gasteiger partial charge in [0, 0.05) is 25.3 Å². The fourth-order valence-corrected chi connectivity index (χ4v) is 3.72. The largest absolute Gasteiger partial charge is 0.495 e. The second-order valence-corrected chi connectivity index (χ2v) is 7.25. The summed E-state index contributed by atoms with van der Waals surface area (Å²) in [4.78, 5) is 14.8. The molecule has 1 saturated heterocycles. The molecule has 1 fully saturated rings. The van der Waals surface area contributed by atoms with Gasteiger partial charge in [0.05, 0.1) is 22.7 Å². The lowest BCUT2D eigenvalue weighted by Gasteiger charge is -2.20. The number of amides is 1. The van der Waals surface area contributed by atoms with E-state index in [2.05, 4.69) is 0 Å². The first-order valence-electron chi connectivity index (χ1n) is 8.57. The molecular weight excluding hydrogens is 373 g/mol. The third-order valence-corrected chi connectivity index (χ3v) is 5.53. The molecule has 0 aliphatic carbocycles. The number of hydrogen-bond donors (Lipinski definition) is 1. The second kappa shape index (κ2) is 8.30. The minimum absolute atomic E-state index is 0.0517. The van der Waals surface area contributed by atoms with Crippen LogP contribution < -0.4 is 4.74 Å². The van der Waals surface area contributed by atoms with Crippen molar-refractivity contribution < 1.29 is 14.6 Å². The molecule has 2 aromatic carbocycles. The molecule has 4 nitrogen and oxygen atoms in total. The van der Waals surface area contributed by atoms with E-state index in [1.165, 1.54) is 0 Å². The van der Waals surface area contributed by atoms with Crippen molar-refractivity contribution in [2.75, 3.05) is 26.8 Å². The summed E-state index contributed by atoms with van der Waals surface area (Å²) in [6.07, 6.45) is 1.64. The monoisotopic (exact) mass is 393 g/mol. The fourth-order valence-electron chi connectivity index (χ4n) is 3.42. The van der Waals surface area contributed by atoms with E-state index in [1.807, 2.05) is 23.1 Å². The van der Waals surface area contributed by atoms with Gasteiger partial charge in [-0.25, -0.2) is 0 Å². The topological polar surface area (TPSA) is 49.8 Å². The number of likely N-dealkylation sites (tertiary alicyclic amines) is 1. The Morgan fingerprint density at radius 1 is 1.27 bits per heavy atom. The summed E-state index contributed by atoms with van der Waals surface area (Å²) in [5.74, 6) is 0.832. The summed E-state index contributed by atoms with van der Waals surface area (Å²) in [7, 11) is 1.56. The van der Waals surface area contributed by atoms with Crippen molar-refractivity contribution in [2.45, 2.75) is 12.8 Å². The van der Waals surface area contributed by atoms with Crippen molar-refractivity contribution in [3.05, 3.63) is 52.0 Å². The minimum Gasteiger partial charge on any atom is -0.495 e. The van der Waals surface area contributed by atoms with Crippen LogP contribution in [0.3, 0.4) is 0 Å². The zero-order valence-corrected chi connectivity index (χ0v) is 16.1. The van der Waals surface area contributed by atoms with Crippen LogP contribution in [0.2, 0.25) is 10.0 Å². The normalized spacial score (nSPS) is 16.8. The molecule has 1 heterocycles. The van der Waals surface area contributed by atoms with Crippen LogP contribution >= 0.6 is 23.2 Å². The first-order chi connectivity index (χ1) is 12.5. The summed E-state index contributed by atoms with van der Waals surface area (Å²) in [5, 5.41) is 10.0. The van der Waals surface area contributed by atoms with E-state index in [9.17, 15) is 4.79 Å². The van der Waals surface area contributed by atoms with Crippen LogP contribution in [-0.2, 0) is 0 Å². The average molecular weight is 394 g/mol. The van der Waals surface area contributed by atoms with Crippen LogP contribution in [-0.4, -0.2) is 42.7 Å². The lowest BCUT2D eigenvalue weighted by Crippen LogP contribution is -2.29. The number of rotatable bonds is 5.